The Bertz CT molecular complexity index is 661. The minimum absolute atomic E-state index is 0.0308. The number of nitrogens with zero attached hydrogens (tertiary/aromatic N) is 2. The quantitative estimate of drug-likeness (QED) is 0.712. The number of carbonyl (C=O) groups excluding carboxylic acids is 2. The molecule has 2 rings (SSSR count). The van der Waals surface area contributed by atoms with Crippen molar-refractivity contribution >= 4 is 29.1 Å². The van der Waals surface area contributed by atoms with E-state index in [1.165, 1.54) is 17.4 Å². The lowest BCUT2D eigenvalue weighted by atomic mass is 9.97. The molecule has 0 saturated carbocycles. The highest BCUT2D eigenvalue weighted by atomic mass is 32.1. The third-order valence-electron chi connectivity index (χ3n) is 4.82. The Kier molecular flexibility index (Phi) is 7.16. The zero-order valence-corrected chi connectivity index (χ0v) is 16.3. The summed E-state index contributed by atoms with van der Waals surface area (Å²) in [6, 6.07) is 1.34. The van der Waals surface area contributed by atoms with Crippen molar-refractivity contribution in [3.05, 3.63) is 21.9 Å². The third kappa shape index (κ3) is 4.82. The normalized spacial score (nSPS) is 17.7. The predicted octanol–water partition coefficient (Wildman–Crippen LogP) is 1.50. The summed E-state index contributed by atoms with van der Waals surface area (Å²) >= 11 is 1.73. The fraction of sp³-hybridized carbons (Fsp3) is 0.611. The zero-order chi connectivity index (χ0) is 19.3. The fourth-order valence-corrected chi connectivity index (χ4v) is 4.27. The number of amides is 2. The lowest BCUT2D eigenvalue weighted by molar-refractivity contribution is -0.144. The van der Waals surface area contributed by atoms with Crippen molar-refractivity contribution in [2.75, 3.05) is 26.2 Å². The molecule has 0 fully saturated rings. The molecule has 1 aromatic rings. The summed E-state index contributed by atoms with van der Waals surface area (Å²) in [5.41, 5.74) is 1.22. The molecule has 0 aliphatic carbocycles. The third-order valence-corrected chi connectivity index (χ3v) is 5.81. The Balaban J connectivity index is 2.07. The van der Waals surface area contributed by atoms with Crippen molar-refractivity contribution < 1.29 is 19.5 Å². The molecule has 2 amide bonds. The maximum Gasteiger partial charge on any atom is 0.320 e. The van der Waals surface area contributed by atoms with Gasteiger partial charge in [0.2, 0.25) is 11.8 Å². The first-order valence-electron chi connectivity index (χ1n) is 8.92. The fourth-order valence-electron chi connectivity index (χ4n) is 3.34. The average Bonchev–Trinajstić information content (AvgIpc) is 3.07. The molecule has 144 valence electrons. The van der Waals surface area contributed by atoms with Crippen LogP contribution in [0.15, 0.2) is 11.4 Å². The van der Waals surface area contributed by atoms with Crippen LogP contribution in [0.1, 0.15) is 43.7 Å². The summed E-state index contributed by atoms with van der Waals surface area (Å²) in [5, 5.41) is 14.1. The first-order chi connectivity index (χ1) is 12.3. The van der Waals surface area contributed by atoms with Crippen LogP contribution in [0.2, 0.25) is 0 Å². The topological polar surface area (TPSA) is 90.0 Å². The van der Waals surface area contributed by atoms with Gasteiger partial charge < -0.3 is 15.3 Å². The Labute approximate surface area is 158 Å². The van der Waals surface area contributed by atoms with Gasteiger partial charge in [0.25, 0.3) is 0 Å². The van der Waals surface area contributed by atoms with Crippen LogP contribution in [-0.2, 0) is 20.8 Å². The van der Waals surface area contributed by atoms with Crippen molar-refractivity contribution in [2.24, 2.45) is 0 Å². The second-order valence-electron chi connectivity index (χ2n) is 6.53. The molecule has 7 nitrogen and oxygen atoms in total. The van der Waals surface area contributed by atoms with Gasteiger partial charge in [-0.2, -0.15) is 0 Å². The maximum atomic E-state index is 12.9. The molecule has 26 heavy (non-hydrogen) atoms. The maximum absolute atomic E-state index is 12.9. The van der Waals surface area contributed by atoms with E-state index in [4.69, 9.17) is 0 Å². The second-order valence-corrected chi connectivity index (χ2v) is 7.53. The first kappa shape index (κ1) is 20.4. The van der Waals surface area contributed by atoms with Gasteiger partial charge >= 0.3 is 5.97 Å². The summed E-state index contributed by atoms with van der Waals surface area (Å²) in [5.74, 6) is -1.22. The standard InChI is InChI=1S/C18H27N3O4S/c1-4-15-14-6-10-26-16(14)5-8-21(15)17(23)11-20(12(2)18(24)25)9-7-19-13(3)22/h6,10,12,15H,4-5,7-9,11H2,1-3H3,(H,19,22)(H,24,25). The summed E-state index contributed by atoms with van der Waals surface area (Å²) < 4.78 is 0. The van der Waals surface area contributed by atoms with Gasteiger partial charge in [-0.3, -0.25) is 19.3 Å². The molecule has 8 heteroatoms. The lowest BCUT2D eigenvalue weighted by Gasteiger charge is -2.37. The highest BCUT2D eigenvalue weighted by Crippen LogP contribution is 2.35. The van der Waals surface area contributed by atoms with E-state index in [-0.39, 0.29) is 24.4 Å². The molecule has 2 N–H and O–H groups in total. The molecule has 2 unspecified atom stereocenters. The molecule has 2 atom stereocenters. The number of thiophene rings is 1. The van der Waals surface area contributed by atoms with E-state index in [1.807, 2.05) is 4.90 Å². The largest absolute Gasteiger partial charge is 0.480 e. The van der Waals surface area contributed by atoms with Crippen LogP contribution in [0.5, 0.6) is 0 Å². The van der Waals surface area contributed by atoms with Crippen molar-refractivity contribution in [1.29, 1.82) is 0 Å². The summed E-state index contributed by atoms with van der Waals surface area (Å²) in [6.07, 6.45) is 1.67. The van der Waals surface area contributed by atoms with E-state index in [2.05, 4.69) is 23.7 Å². The van der Waals surface area contributed by atoms with Crippen molar-refractivity contribution in [3.63, 3.8) is 0 Å². The van der Waals surface area contributed by atoms with E-state index in [0.29, 0.717) is 19.6 Å². The van der Waals surface area contributed by atoms with Gasteiger partial charge in [0.1, 0.15) is 6.04 Å². The number of aliphatic carboxylic acids is 1. The number of carboxylic acids is 1. The molecule has 0 radical (unpaired) electrons. The number of carbonyl (C=O) groups is 3. The van der Waals surface area contributed by atoms with Crippen LogP contribution in [0.4, 0.5) is 0 Å². The van der Waals surface area contributed by atoms with Crippen LogP contribution in [0.25, 0.3) is 0 Å². The summed E-state index contributed by atoms with van der Waals surface area (Å²) in [6.45, 7) is 6.35. The predicted molar refractivity (Wildman–Crippen MR) is 100 cm³/mol. The monoisotopic (exact) mass is 381 g/mol. The molecule has 0 spiro atoms. The van der Waals surface area contributed by atoms with Crippen molar-refractivity contribution in [2.45, 2.75) is 45.7 Å². The number of hydrogen-bond donors (Lipinski definition) is 2. The minimum Gasteiger partial charge on any atom is -0.480 e. The van der Waals surface area contributed by atoms with Crippen molar-refractivity contribution in [1.82, 2.24) is 15.1 Å². The van der Waals surface area contributed by atoms with Gasteiger partial charge in [0.05, 0.1) is 12.6 Å². The highest BCUT2D eigenvalue weighted by Gasteiger charge is 2.32. The van der Waals surface area contributed by atoms with Crippen LogP contribution in [-0.4, -0.2) is 64.9 Å². The van der Waals surface area contributed by atoms with E-state index in [1.54, 1.807) is 23.2 Å². The zero-order valence-electron chi connectivity index (χ0n) is 15.5. The summed E-state index contributed by atoms with van der Waals surface area (Å²) in [7, 11) is 0. The number of fused-ring (bicyclic) bond motifs is 1. The average molecular weight is 381 g/mol. The van der Waals surface area contributed by atoms with Gasteiger partial charge in [-0.25, -0.2) is 0 Å². The van der Waals surface area contributed by atoms with Gasteiger partial charge in [-0.1, -0.05) is 6.92 Å². The van der Waals surface area contributed by atoms with Crippen molar-refractivity contribution in [3.8, 4) is 0 Å². The molecule has 0 bridgehead atoms. The van der Waals surface area contributed by atoms with Crippen LogP contribution >= 0.6 is 11.3 Å². The molecular weight excluding hydrogens is 354 g/mol. The number of hydrogen-bond acceptors (Lipinski definition) is 5. The Hall–Kier alpha value is -1.93. The van der Waals surface area contributed by atoms with Gasteiger partial charge in [0.15, 0.2) is 0 Å². The first-order valence-corrected chi connectivity index (χ1v) is 9.80. The molecule has 1 aliphatic rings. The van der Waals surface area contributed by atoms with Crippen LogP contribution in [0.3, 0.4) is 0 Å². The Morgan fingerprint density at radius 1 is 1.46 bits per heavy atom. The van der Waals surface area contributed by atoms with Gasteiger partial charge in [0, 0.05) is 31.4 Å². The van der Waals surface area contributed by atoms with E-state index < -0.39 is 12.0 Å². The summed E-state index contributed by atoms with van der Waals surface area (Å²) in [4.78, 5) is 40.2. The Morgan fingerprint density at radius 2 is 2.19 bits per heavy atom. The Morgan fingerprint density at radius 3 is 2.81 bits per heavy atom. The molecule has 1 aromatic heterocycles. The van der Waals surface area contributed by atoms with E-state index in [9.17, 15) is 19.5 Å². The highest BCUT2D eigenvalue weighted by molar-refractivity contribution is 7.10. The smallest absolute Gasteiger partial charge is 0.320 e. The molecular formula is C18H27N3O4S. The van der Waals surface area contributed by atoms with Gasteiger partial charge in [-0.15, -0.1) is 11.3 Å². The van der Waals surface area contributed by atoms with Crippen LogP contribution < -0.4 is 5.32 Å². The van der Waals surface area contributed by atoms with E-state index >= 15 is 0 Å². The molecule has 0 aromatic carbocycles. The lowest BCUT2D eigenvalue weighted by Crippen LogP contribution is -2.50. The molecule has 0 saturated heterocycles. The SMILES string of the molecule is CCC1c2ccsc2CCN1C(=O)CN(CCNC(C)=O)C(C)C(=O)O. The molecule has 1 aliphatic heterocycles. The van der Waals surface area contributed by atoms with E-state index in [0.717, 1.165) is 12.8 Å². The molecule has 2 heterocycles. The van der Waals surface area contributed by atoms with Crippen LogP contribution in [0, 0.1) is 0 Å². The number of nitrogens with one attached hydrogen (secondary N) is 1. The number of rotatable bonds is 8. The number of carboxylic acid groups (broad SMARTS) is 1. The minimum atomic E-state index is -0.980. The van der Waals surface area contributed by atoms with Gasteiger partial charge in [-0.05, 0) is 36.8 Å². The second kappa shape index (κ2) is 9.14.